The second-order valence-electron chi connectivity index (χ2n) is 20.4. The molecule has 2 saturated heterocycles. The first-order chi connectivity index (χ1) is 35.6. The van der Waals surface area contributed by atoms with E-state index in [0.717, 1.165) is 11.1 Å². The molecule has 12 rings (SSSR count). The quantitative estimate of drug-likeness (QED) is 0.128. The van der Waals surface area contributed by atoms with Crippen molar-refractivity contribution in [2.24, 2.45) is 11.8 Å². The van der Waals surface area contributed by atoms with E-state index in [-0.39, 0.29) is 85.4 Å². The fourth-order valence-electron chi connectivity index (χ4n) is 13.1. The van der Waals surface area contributed by atoms with E-state index in [4.69, 9.17) is 37.9 Å². The first-order valence-corrected chi connectivity index (χ1v) is 26.0. The highest BCUT2D eigenvalue weighted by atomic mass is 32.2. The Morgan fingerprint density at radius 2 is 1.62 bits per heavy atom. The molecule has 1 aliphatic carbocycles. The molecule has 8 heterocycles. The van der Waals surface area contributed by atoms with Crippen molar-refractivity contribution in [1.29, 1.82) is 0 Å². The maximum Gasteiger partial charge on any atom is 0.413 e. The lowest BCUT2D eigenvalue weighted by atomic mass is 9.73. The number of esters is 3. The van der Waals surface area contributed by atoms with Crippen molar-refractivity contribution in [3.63, 3.8) is 0 Å². The Morgan fingerprint density at radius 3 is 2.34 bits per heavy atom. The van der Waals surface area contributed by atoms with Gasteiger partial charge >= 0.3 is 24.0 Å². The maximum absolute atomic E-state index is 15.6. The van der Waals surface area contributed by atoms with Crippen LogP contribution in [-0.2, 0) is 56.6 Å². The van der Waals surface area contributed by atoms with Gasteiger partial charge in [-0.15, -0.1) is 11.8 Å². The highest BCUT2D eigenvalue weighted by Crippen LogP contribution is 2.64. The summed E-state index contributed by atoms with van der Waals surface area (Å²) in [5, 5.41) is 22.7. The summed E-state index contributed by atoms with van der Waals surface area (Å²) in [5.41, 5.74) is 3.16. The Bertz CT molecular complexity index is 2920. The molecule has 392 valence electrons. The average molecular weight is 1040 g/mol. The van der Waals surface area contributed by atoms with Crippen LogP contribution in [0.5, 0.6) is 40.2 Å². The summed E-state index contributed by atoms with van der Waals surface area (Å²) < 4.78 is 48.0. The fraction of sp³-hybridized carbons (Fsp3) is 0.509. The summed E-state index contributed by atoms with van der Waals surface area (Å²) in [6, 6.07) is 3.32. The number of hydrogen-bond acceptors (Lipinski definition) is 19. The molecule has 8 aliphatic heterocycles. The van der Waals surface area contributed by atoms with Crippen LogP contribution in [0.4, 0.5) is 4.79 Å². The molecule has 3 aromatic rings. The number of benzene rings is 3. The predicted molar refractivity (Wildman–Crippen MR) is 261 cm³/mol. The molecule has 20 nitrogen and oxygen atoms in total. The molecule has 3 aromatic carbocycles. The highest BCUT2D eigenvalue weighted by Gasteiger charge is 2.61. The highest BCUT2D eigenvalue weighted by molar-refractivity contribution is 7.99. The van der Waals surface area contributed by atoms with Crippen LogP contribution in [-0.4, -0.2) is 145 Å². The summed E-state index contributed by atoms with van der Waals surface area (Å²) in [5.74, 6) is -1.92. The number of fused-ring (bicyclic) bond motifs is 9. The van der Waals surface area contributed by atoms with E-state index in [0.29, 0.717) is 89.3 Å². The minimum Gasteiger partial charge on any atom is -0.504 e. The summed E-state index contributed by atoms with van der Waals surface area (Å²) >= 11 is 1.34. The van der Waals surface area contributed by atoms with Gasteiger partial charge < -0.3 is 48.1 Å². The minimum absolute atomic E-state index is 0.0175. The van der Waals surface area contributed by atoms with Gasteiger partial charge in [0.15, 0.2) is 40.0 Å². The predicted octanol–water partition coefficient (Wildman–Crippen LogP) is 5.18. The van der Waals surface area contributed by atoms with Gasteiger partial charge in [0.1, 0.15) is 12.4 Å². The lowest BCUT2D eigenvalue weighted by Gasteiger charge is -2.60. The van der Waals surface area contributed by atoms with E-state index in [1.54, 1.807) is 6.92 Å². The van der Waals surface area contributed by atoms with Gasteiger partial charge in [-0.2, -0.15) is 0 Å². The number of hydrogen-bond donors (Lipinski definition) is 2. The minimum atomic E-state index is -1.96. The number of thioether (sulfide) groups is 1. The van der Waals surface area contributed by atoms with Crippen molar-refractivity contribution in [3.8, 4) is 40.2 Å². The molecule has 4 bridgehead atoms. The average Bonchev–Trinajstić information content (AvgIpc) is 3.99. The zero-order valence-electron chi connectivity index (χ0n) is 41.9. The number of phenols is 2. The number of amides is 3. The molecule has 1 saturated carbocycles. The number of methoxy groups -OCH3 is 2. The molecule has 6 atom stereocenters. The molecule has 74 heavy (non-hydrogen) atoms. The zero-order chi connectivity index (χ0) is 52.1. The van der Waals surface area contributed by atoms with Crippen LogP contribution in [0.2, 0.25) is 0 Å². The van der Waals surface area contributed by atoms with Crippen LogP contribution in [0.3, 0.4) is 0 Å². The van der Waals surface area contributed by atoms with Crippen molar-refractivity contribution in [2.75, 3.05) is 66.8 Å². The number of likely N-dealkylation sites (N-methyl/N-ethyl adjacent to an activating group) is 1. The molecule has 9 aliphatic rings. The fourth-order valence-corrected chi connectivity index (χ4v) is 14.8. The summed E-state index contributed by atoms with van der Waals surface area (Å²) in [6.45, 7) is 4.60. The lowest BCUT2D eigenvalue weighted by molar-refractivity contribution is -0.166. The molecule has 1 unspecified atom stereocenters. The summed E-state index contributed by atoms with van der Waals surface area (Å²) in [7, 11) is 4.93. The number of carbonyl (C=O) groups excluding carboxylic acids is 6. The molecule has 21 heteroatoms. The number of phenolic OH excluding ortho intramolecular Hbond substituents is 2. The van der Waals surface area contributed by atoms with E-state index in [2.05, 4.69) is 15.9 Å². The molecule has 2 N–H and O–H groups in total. The Kier molecular flexibility index (Phi) is 12.6. The first kappa shape index (κ1) is 49.5. The number of carbonyl (C=O) groups is 6. The molecule has 0 aromatic heterocycles. The lowest BCUT2D eigenvalue weighted by Crippen LogP contribution is -2.66. The van der Waals surface area contributed by atoms with Gasteiger partial charge in [-0.1, -0.05) is 6.07 Å². The monoisotopic (exact) mass is 1040 g/mol. The van der Waals surface area contributed by atoms with Gasteiger partial charge in [-0.25, -0.2) is 9.59 Å². The van der Waals surface area contributed by atoms with E-state index in [9.17, 15) is 34.2 Å². The van der Waals surface area contributed by atoms with Gasteiger partial charge in [0.25, 0.3) is 11.8 Å². The smallest absolute Gasteiger partial charge is 0.413 e. The number of aromatic hydroxyl groups is 2. The van der Waals surface area contributed by atoms with Crippen LogP contribution >= 0.6 is 11.8 Å². The number of nitrogens with zero attached hydrogens (tertiary/aromatic N) is 4. The van der Waals surface area contributed by atoms with Gasteiger partial charge in [-0.05, 0) is 99.7 Å². The van der Waals surface area contributed by atoms with Gasteiger partial charge in [0.2, 0.25) is 13.6 Å². The van der Waals surface area contributed by atoms with Crippen molar-refractivity contribution in [2.45, 2.75) is 94.3 Å². The van der Waals surface area contributed by atoms with E-state index in [1.165, 1.54) is 67.0 Å². The van der Waals surface area contributed by atoms with Gasteiger partial charge in [0.05, 0.1) is 37.5 Å². The number of rotatable bonds is 8. The third kappa shape index (κ3) is 7.78. The molecule has 3 fully saturated rings. The first-order valence-electron chi connectivity index (χ1n) is 24.9. The van der Waals surface area contributed by atoms with Crippen LogP contribution in [0.1, 0.15) is 94.4 Å². The van der Waals surface area contributed by atoms with Gasteiger partial charge in [-0.3, -0.25) is 38.8 Å². The zero-order valence-corrected chi connectivity index (χ0v) is 42.7. The van der Waals surface area contributed by atoms with E-state index >= 15 is 4.79 Å². The van der Waals surface area contributed by atoms with E-state index < -0.39 is 65.6 Å². The molecule has 0 radical (unpaired) electrons. The molecular weight excluding hydrogens is 981 g/mol. The molecule has 1 spiro atoms. The number of piperazine rings is 1. The Balaban J connectivity index is 0.975. The Labute approximate surface area is 430 Å². The molecule has 3 amide bonds. The van der Waals surface area contributed by atoms with Crippen LogP contribution in [0.25, 0.3) is 0 Å². The van der Waals surface area contributed by atoms with Gasteiger partial charge in [0, 0.05) is 78.8 Å². The second-order valence-corrected chi connectivity index (χ2v) is 21.5. The third-order valence-electron chi connectivity index (χ3n) is 16.5. The largest absolute Gasteiger partial charge is 0.504 e. The topological polar surface area (TPSA) is 230 Å². The van der Waals surface area contributed by atoms with E-state index in [1.807, 2.05) is 14.0 Å². The summed E-state index contributed by atoms with van der Waals surface area (Å²) in [4.78, 5) is 88.5. The second kappa shape index (κ2) is 18.9. The maximum atomic E-state index is 15.6. The normalized spacial score (nSPS) is 27.7. The van der Waals surface area contributed by atoms with Crippen molar-refractivity contribution < 1.29 is 76.9 Å². The third-order valence-corrected chi connectivity index (χ3v) is 18.0. The van der Waals surface area contributed by atoms with Crippen LogP contribution in [0.15, 0.2) is 30.4 Å². The Morgan fingerprint density at radius 1 is 0.878 bits per heavy atom. The Hall–Kier alpha value is -6.71. The number of ether oxygens (including phenoxy) is 8. The SMILES string of the molecule is COc1cc2c(cc1O)CCN(C(=O)OCOC(=O)C1CCC(CN3C(=O)C=CC3=O)CC1)[C@]21CS[C@@H]2c3c(OC(C)=O)c(C)c4c(c3[C@H](COC1=O)N1CC3Cc5cc(C)c(OC)c(O)c5[C@H]([C@H]21)N3C)OCO4. The van der Waals surface area contributed by atoms with Crippen molar-refractivity contribution >= 4 is 47.6 Å². The van der Waals surface area contributed by atoms with Crippen LogP contribution < -0.4 is 23.7 Å². The number of imide groups is 1. The van der Waals surface area contributed by atoms with Crippen molar-refractivity contribution in [1.82, 2.24) is 19.6 Å². The van der Waals surface area contributed by atoms with Crippen LogP contribution in [0, 0.1) is 25.7 Å². The standard InChI is InChI=1S/C53H58N4O16S/c1-25-15-31-16-32-20-55-34-21-68-51(64)53(22-74-49(43(55)42(54(32)4)39(31)44(62)45(25)67-6)41-40(34)48-47(69-23-70-48)26(2)46(41)73-27(3)58)33-18-36(66-5)35(59)17-30(33)13-14-57(53)52(65)72-24-71-50(63)29-9-7-28(8-10-29)19-56-37(60)11-12-38(56)61/h11-12,15,17-18,28-29,32,34,42-43,49,59,62H,7-10,13-14,16,19-24H2,1-6H3/t28?,29?,32?,34-,42+,43+,49+,53+/m0/s1. The number of aryl methyl sites for hydroxylation is 1. The summed E-state index contributed by atoms with van der Waals surface area (Å²) in [6.07, 6.45) is 4.39. The van der Waals surface area contributed by atoms with Crippen molar-refractivity contribution in [3.05, 3.63) is 74.9 Å². The molecular formula is C53H58N4O16S.